The molecule has 0 amide bonds. The zero-order valence-electron chi connectivity index (χ0n) is 8.14. The highest BCUT2D eigenvalue weighted by Gasteiger charge is 1.90. The molecule has 12 heavy (non-hydrogen) atoms. The summed E-state index contributed by atoms with van der Waals surface area (Å²) in [6.45, 7) is 8.52. The van der Waals surface area contributed by atoms with E-state index in [-0.39, 0.29) is 0 Å². The summed E-state index contributed by atoms with van der Waals surface area (Å²) in [4.78, 5) is 0. The van der Waals surface area contributed by atoms with Crippen molar-refractivity contribution in [1.29, 1.82) is 0 Å². The average Bonchev–Trinajstić information content (AvgIpc) is 2.13. The first-order valence-corrected chi connectivity index (χ1v) is 4.44. The minimum atomic E-state index is 0.588. The van der Waals surface area contributed by atoms with E-state index in [1.807, 2.05) is 6.08 Å². The second-order valence-electron chi connectivity index (χ2n) is 2.69. The van der Waals surface area contributed by atoms with Crippen LogP contribution in [0.4, 0.5) is 0 Å². The SMILES string of the molecule is C=CC(=CC/C(=C\C)CC)CN. The van der Waals surface area contributed by atoms with Gasteiger partial charge in [0.25, 0.3) is 0 Å². The molecule has 0 rings (SSSR count). The molecule has 0 aliphatic rings. The van der Waals surface area contributed by atoms with Crippen LogP contribution in [-0.4, -0.2) is 6.54 Å². The Kier molecular flexibility index (Phi) is 6.39. The van der Waals surface area contributed by atoms with Crippen molar-refractivity contribution in [3.63, 3.8) is 0 Å². The topological polar surface area (TPSA) is 26.0 Å². The van der Waals surface area contributed by atoms with E-state index < -0.39 is 0 Å². The molecule has 0 unspecified atom stereocenters. The van der Waals surface area contributed by atoms with Crippen molar-refractivity contribution in [2.45, 2.75) is 26.7 Å². The molecule has 0 fully saturated rings. The lowest BCUT2D eigenvalue weighted by Gasteiger charge is -2.00. The van der Waals surface area contributed by atoms with E-state index in [4.69, 9.17) is 5.73 Å². The molecule has 2 N–H and O–H groups in total. The van der Waals surface area contributed by atoms with Crippen LogP contribution in [-0.2, 0) is 0 Å². The highest BCUT2D eigenvalue weighted by atomic mass is 14.5. The van der Waals surface area contributed by atoms with Crippen molar-refractivity contribution >= 4 is 0 Å². The van der Waals surface area contributed by atoms with E-state index in [2.05, 4.69) is 32.6 Å². The molecular formula is C11H19N. The predicted octanol–water partition coefficient (Wildman–Crippen LogP) is 2.80. The normalized spacial score (nSPS) is 13.2. The molecule has 0 heterocycles. The molecule has 0 aromatic rings. The van der Waals surface area contributed by atoms with Gasteiger partial charge in [-0.1, -0.05) is 37.3 Å². The van der Waals surface area contributed by atoms with Crippen LogP contribution in [0.1, 0.15) is 26.7 Å². The molecule has 0 aliphatic heterocycles. The Balaban J connectivity index is 4.08. The summed E-state index contributed by atoms with van der Waals surface area (Å²) in [5, 5.41) is 0. The maximum atomic E-state index is 5.49. The summed E-state index contributed by atoms with van der Waals surface area (Å²) < 4.78 is 0. The Hall–Kier alpha value is -0.820. The van der Waals surface area contributed by atoms with Crippen LogP contribution in [0.2, 0.25) is 0 Å². The number of hydrogen-bond donors (Lipinski definition) is 1. The maximum absolute atomic E-state index is 5.49. The van der Waals surface area contributed by atoms with Gasteiger partial charge in [-0.2, -0.15) is 0 Å². The first kappa shape index (κ1) is 11.2. The average molecular weight is 165 g/mol. The zero-order valence-corrected chi connectivity index (χ0v) is 8.14. The summed E-state index contributed by atoms with van der Waals surface area (Å²) in [7, 11) is 0. The Labute approximate surface area is 75.7 Å². The van der Waals surface area contributed by atoms with Crippen molar-refractivity contribution < 1.29 is 0 Å². The van der Waals surface area contributed by atoms with E-state index >= 15 is 0 Å². The van der Waals surface area contributed by atoms with E-state index in [0.29, 0.717) is 6.54 Å². The van der Waals surface area contributed by atoms with Crippen LogP contribution in [0.3, 0.4) is 0 Å². The zero-order chi connectivity index (χ0) is 9.40. The van der Waals surface area contributed by atoms with Gasteiger partial charge in [0.05, 0.1) is 0 Å². The fourth-order valence-corrected chi connectivity index (χ4v) is 0.979. The van der Waals surface area contributed by atoms with E-state index in [9.17, 15) is 0 Å². The van der Waals surface area contributed by atoms with Crippen LogP contribution in [0.5, 0.6) is 0 Å². The largest absolute Gasteiger partial charge is 0.327 e. The summed E-state index contributed by atoms with van der Waals surface area (Å²) in [6, 6.07) is 0. The van der Waals surface area contributed by atoms with Gasteiger partial charge in [-0.05, 0) is 25.3 Å². The van der Waals surface area contributed by atoms with Gasteiger partial charge < -0.3 is 5.73 Å². The van der Waals surface area contributed by atoms with Crippen LogP contribution in [0.25, 0.3) is 0 Å². The van der Waals surface area contributed by atoms with Gasteiger partial charge in [-0.15, -0.1) is 0 Å². The van der Waals surface area contributed by atoms with E-state index in [1.165, 1.54) is 5.57 Å². The first-order valence-electron chi connectivity index (χ1n) is 4.44. The molecule has 0 aromatic carbocycles. The molecule has 1 nitrogen and oxygen atoms in total. The molecule has 0 saturated heterocycles. The van der Waals surface area contributed by atoms with Gasteiger partial charge in [0.15, 0.2) is 0 Å². The smallest absolute Gasteiger partial charge is 0.0174 e. The molecule has 0 spiro atoms. The van der Waals surface area contributed by atoms with Gasteiger partial charge in [0.1, 0.15) is 0 Å². The van der Waals surface area contributed by atoms with Crippen LogP contribution < -0.4 is 5.73 Å². The van der Waals surface area contributed by atoms with Crippen molar-refractivity contribution in [3.05, 3.63) is 36.0 Å². The predicted molar refractivity (Wildman–Crippen MR) is 56.0 cm³/mol. The number of hydrogen-bond acceptors (Lipinski definition) is 1. The molecular weight excluding hydrogens is 146 g/mol. The van der Waals surface area contributed by atoms with Gasteiger partial charge >= 0.3 is 0 Å². The Bertz CT molecular complexity index is 187. The third kappa shape index (κ3) is 4.14. The van der Waals surface area contributed by atoms with Crippen LogP contribution in [0.15, 0.2) is 36.0 Å². The lowest BCUT2D eigenvalue weighted by atomic mass is 10.1. The summed E-state index contributed by atoms with van der Waals surface area (Å²) in [6.07, 6.45) is 8.25. The number of rotatable bonds is 5. The number of allylic oxidation sites excluding steroid dienone is 3. The molecule has 0 bridgehead atoms. The lowest BCUT2D eigenvalue weighted by Crippen LogP contribution is -2.00. The quantitative estimate of drug-likeness (QED) is 0.492. The Morgan fingerprint density at radius 2 is 2.17 bits per heavy atom. The third-order valence-electron chi connectivity index (χ3n) is 1.99. The van der Waals surface area contributed by atoms with Gasteiger partial charge in [-0.3, -0.25) is 0 Å². The summed E-state index contributed by atoms with van der Waals surface area (Å²) in [5.41, 5.74) is 8.07. The third-order valence-corrected chi connectivity index (χ3v) is 1.99. The first-order chi connectivity index (χ1) is 5.78. The molecule has 0 saturated carbocycles. The van der Waals surface area contributed by atoms with Gasteiger partial charge in [0, 0.05) is 6.54 Å². The molecule has 0 aliphatic carbocycles. The lowest BCUT2D eigenvalue weighted by molar-refractivity contribution is 1.01. The van der Waals surface area contributed by atoms with Crippen molar-refractivity contribution in [3.8, 4) is 0 Å². The molecule has 68 valence electrons. The maximum Gasteiger partial charge on any atom is 0.0174 e. The minimum absolute atomic E-state index is 0.588. The molecule has 0 atom stereocenters. The molecule has 0 aromatic heterocycles. The van der Waals surface area contributed by atoms with Gasteiger partial charge in [0.2, 0.25) is 0 Å². The fourth-order valence-electron chi connectivity index (χ4n) is 0.979. The van der Waals surface area contributed by atoms with Gasteiger partial charge in [-0.25, -0.2) is 0 Å². The second kappa shape index (κ2) is 6.86. The van der Waals surface area contributed by atoms with Crippen LogP contribution in [0, 0.1) is 0 Å². The fraction of sp³-hybridized carbons (Fsp3) is 0.455. The Morgan fingerprint density at radius 3 is 2.50 bits per heavy atom. The van der Waals surface area contributed by atoms with E-state index in [1.54, 1.807) is 0 Å². The van der Waals surface area contributed by atoms with Crippen LogP contribution >= 0.6 is 0 Å². The summed E-state index contributed by atoms with van der Waals surface area (Å²) >= 11 is 0. The highest BCUT2D eigenvalue weighted by molar-refractivity contribution is 5.20. The standard InChI is InChI=1S/C11H19N/c1-4-10(5-2)7-8-11(6-3)9-12/h4,6,8H,3,5,7,9,12H2,1-2H3/b10-4-,11-8?. The number of nitrogens with two attached hydrogens (primary N) is 1. The molecule has 0 radical (unpaired) electrons. The molecule has 1 heteroatoms. The van der Waals surface area contributed by atoms with Crippen molar-refractivity contribution in [1.82, 2.24) is 0 Å². The Morgan fingerprint density at radius 1 is 1.50 bits per heavy atom. The summed E-state index contributed by atoms with van der Waals surface area (Å²) in [5.74, 6) is 0. The minimum Gasteiger partial charge on any atom is -0.327 e. The highest BCUT2D eigenvalue weighted by Crippen LogP contribution is 2.08. The second-order valence-corrected chi connectivity index (χ2v) is 2.69. The van der Waals surface area contributed by atoms with E-state index in [0.717, 1.165) is 18.4 Å². The van der Waals surface area contributed by atoms with Crippen molar-refractivity contribution in [2.24, 2.45) is 5.73 Å². The monoisotopic (exact) mass is 165 g/mol. The van der Waals surface area contributed by atoms with Crippen molar-refractivity contribution in [2.75, 3.05) is 6.54 Å².